The van der Waals surface area contributed by atoms with Gasteiger partial charge in [-0.1, -0.05) is 18.2 Å². The van der Waals surface area contributed by atoms with Crippen LogP contribution in [0.4, 0.5) is 32.0 Å². The highest BCUT2D eigenvalue weighted by Crippen LogP contribution is 2.35. The largest absolute Gasteiger partial charge is 0.416 e. The molecule has 0 aromatic heterocycles. The number of anilines is 1. The maximum atomic E-state index is 13.6. The third-order valence-corrected chi connectivity index (χ3v) is 6.58. The normalized spacial score (nSPS) is 18.6. The SMILES string of the molecule is O=C(Cc1cccc(C(F)(F)F)c1)c1cc(N2CCC(N3CCOCC3)CC2)cc(C(F)(F)F)c1. The van der Waals surface area contributed by atoms with E-state index in [4.69, 9.17) is 4.74 Å². The zero-order valence-electron chi connectivity index (χ0n) is 19.0. The molecule has 0 aliphatic carbocycles. The van der Waals surface area contributed by atoms with Gasteiger partial charge in [0.2, 0.25) is 0 Å². The van der Waals surface area contributed by atoms with Crippen LogP contribution in [0.2, 0.25) is 0 Å². The quantitative estimate of drug-likeness (QED) is 0.404. The molecule has 4 rings (SSSR count). The van der Waals surface area contributed by atoms with Gasteiger partial charge in [-0.05, 0) is 42.7 Å². The Morgan fingerprint density at radius 3 is 2.14 bits per heavy atom. The fraction of sp³-hybridized carbons (Fsp3) is 0.480. The van der Waals surface area contributed by atoms with Crippen LogP contribution in [0.15, 0.2) is 42.5 Å². The molecule has 0 spiro atoms. The summed E-state index contributed by atoms with van der Waals surface area (Å²) in [5, 5.41) is 0. The molecular formula is C25H26F6N2O2. The molecule has 0 atom stereocenters. The highest BCUT2D eigenvalue weighted by molar-refractivity contribution is 5.98. The summed E-state index contributed by atoms with van der Waals surface area (Å²) in [4.78, 5) is 17.0. The molecule has 10 heteroatoms. The molecule has 2 saturated heterocycles. The summed E-state index contributed by atoms with van der Waals surface area (Å²) < 4.78 is 85.2. The summed E-state index contributed by atoms with van der Waals surface area (Å²) in [6, 6.07) is 7.85. The number of halogens is 6. The van der Waals surface area contributed by atoms with E-state index in [9.17, 15) is 31.1 Å². The standard InChI is InChI=1S/C25H26F6N2O2/c26-24(27,28)19-3-1-2-17(12-19)13-23(34)18-14-20(25(29,30)31)16-22(15-18)32-6-4-21(5-7-32)33-8-10-35-11-9-33/h1-3,12,14-16,21H,4-11,13H2. The Hall–Kier alpha value is -2.59. The molecule has 2 fully saturated rings. The van der Waals surface area contributed by atoms with Crippen molar-refractivity contribution in [1.29, 1.82) is 0 Å². The Kier molecular flexibility index (Phi) is 7.42. The molecule has 2 aromatic carbocycles. The van der Waals surface area contributed by atoms with E-state index < -0.39 is 35.7 Å². The molecular weight excluding hydrogens is 474 g/mol. The van der Waals surface area contributed by atoms with Gasteiger partial charge in [-0.15, -0.1) is 0 Å². The first-order valence-electron chi connectivity index (χ1n) is 11.5. The molecule has 4 nitrogen and oxygen atoms in total. The van der Waals surface area contributed by atoms with Crippen molar-refractivity contribution in [2.24, 2.45) is 0 Å². The Bertz CT molecular complexity index is 1040. The highest BCUT2D eigenvalue weighted by Gasteiger charge is 2.34. The first-order valence-corrected chi connectivity index (χ1v) is 11.5. The van der Waals surface area contributed by atoms with Crippen molar-refractivity contribution in [2.75, 3.05) is 44.3 Å². The topological polar surface area (TPSA) is 32.8 Å². The number of nitrogens with zero attached hydrogens (tertiary/aromatic N) is 2. The van der Waals surface area contributed by atoms with E-state index in [0.29, 0.717) is 38.0 Å². The van der Waals surface area contributed by atoms with Crippen molar-refractivity contribution in [2.45, 2.75) is 37.7 Å². The first kappa shape index (κ1) is 25.5. The molecule has 2 aliphatic rings. The zero-order chi connectivity index (χ0) is 25.2. The van der Waals surface area contributed by atoms with E-state index in [2.05, 4.69) is 4.90 Å². The van der Waals surface area contributed by atoms with Crippen LogP contribution in [-0.4, -0.2) is 56.1 Å². The number of hydrogen-bond donors (Lipinski definition) is 0. The third-order valence-electron chi connectivity index (χ3n) is 6.58. The predicted molar refractivity (Wildman–Crippen MR) is 119 cm³/mol. The van der Waals surface area contributed by atoms with Crippen molar-refractivity contribution in [3.05, 3.63) is 64.7 Å². The molecule has 2 aliphatic heterocycles. The zero-order valence-corrected chi connectivity index (χ0v) is 19.0. The lowest BCUT2D eigenvalue weighted by Crippen LogP contribution is -2.49. The van der Waals surface area contributed by atoms with Gasteiger partial charge < -0.3 is 9.64 Å². The van der Waals surface area contributed by atoms with Gasteiger partial charge in [0, 0.05) is 49.9 Å². The lowest BCUT2D eigenvalue weighted by Gasteiger charge is -2.41. The van der Waals surface area contributed by atoms with Crippen molar-refractivity contribution in [3.63, 3.8) is 0 Å². The summed E-state index contributed by atoms with van der Waals surface area (Å²) in [5.74, 6) is -0.667. The van der Waals surface area contributed by atoms with Crippen molar-refractivity contribution < 1.29 is 35.9 Å². The minimum Gasteiger partial charge on any atom is -0.379 e. The minimum atomic E-state index is -4.66. The fourth-order valence-electron chi connectivity index (χ4n) is 4.70. The number of morpholine rings is 1. The summed E-state index contributed by atoms with van der Waals surface area (Å²) in [6.45, 7) is 4.11. The molecule has 0 unspecified atom stereocenters. The second-order valence-electron chi connectivity index (χ2n) is 8.93. The monoisotopic (exact) mass is 500 g/mol. The number of carbonyl (C=O) groups excluding carboxylic acids is 1. The van der Waals surface area contributed by atoms with Crippen LogP contribution in [0.1, 0.15) is 39.9 Å². The number of Topliss-reactive ketones (excluding diaryl/α,β-unsaturated/α-hetero) is 1. The first-order chi connectivity index (χ1) is 16.5. The number of rotatable bonds is 5. The molecule has 2 heterocycles. The maximum Gasteiger partial charge on any atom is 0.416 e. The minimum absolute atomic E-state index is 0.0927. The average molecular weight is 500 g/mol. The van der Waals surface area contributed by atoms with Crippen molar-refractivity contribution >= 4 is 11.5 Å². The van der Waals surface area contributed by atoms with Gasteiger partial charge in [0.1, 0.15) is 0 Å². The van der Waals surface area contributed by atoms with Crippen LogP contribution in [0.3, 0.4) is 0 Å². The number of piperidine rings is 1. The molecule has 2 aromatic rings. The van der Waals surface area contributed by atoms with Gasteiger partial charge in [-0.25, -0.2) is 0 Å². The van der Waals surface area contributed by atoms with E-state index in [1.807, 2.05) is 4.90 Å². The fourth-order valence-corrected chi connectivity index (χ4v) is 4.70. The average Bonchev–Trinajstić information content (AvgIpc) is 2.83. The number of ether oxygens (including phenoxy) is 1. The summed E-state index contributed by atoms with van der Waals surface area (Å²) in [7, 11) is 0. The Morgan fingerprint density at radius 1 is 0.857 bits per heavy atom. The number of carbonyl (C=O) groups is 1. The van der Waals surface area contributed by atoms with Gasteiger partial charge >= 0.3 is 12.4 Å². The molecule has 35 heavy (non-hydrogen) atoms. The van der Waals surface area contributed by atoms with Gasteiger partial charge in [0.15, 0.2) is 5.78 Å². The molecule has 0 bridgehead atoms. The van der Waals surface area contributed by atoms with Crippen LogP contribution < -0.4 is 4.90 Å². The lowest BCUT2D eigenvalue weighted by molar-refractivity contribution is -0.138. The number of ketones is 1. The van der Waals surface area contributed by atoms with Crippen molar-refractivity contribution in [3.8, 4) is 0 Å². The smallest absolute Gasteiger partial charge is 0.379 e. The molecule has 0 radical (unpaired) electrons. The van der Waals surface area contributed by atoms with Crippen LogP contribution >= 0.6 is 0 Å². The summed E-state index contributed by atoms with van der Waals surface area (Å²) in [6.07, 6.45) is -8.10. The van der Waals surface area contributed by atoms with Crippen LogP contribution in [0.5, 0.6) is 0 Å². The van der Waals surface area contributed by atoms with Crippen molar-refractivity contribution in [1.82, 2.24) is 4.90 Å². The third kappa shape index (κ3) is 6.35. The van der Waals surface area contributed by atoms with Crippen LogP contribution in [-0.2, 0) is 23.5 Å². The van der Waals surface area contributed by atoms with Crippen LogP contribution in [0.25, 0.3) is 0 Å². The van der Waals surface area contributed by atoms with E-state index in [0.717, 1.165) is 50.2 Å². The van der Waals surface area contributed by atoms with Gasteiger partial charge in [0.05, 0.1) is 24.3 Å². The Morgan fingerprint density at radius 2 is 1.51 bits per heavy atom. The van der Waals surface area contributed by atoms with E-state index in [-0.39, 0.29) is 11.1 Å². The second-order valence-corrected chi connectivity index (χ2v) is 8.93. The Balaban J connectivity index is 1.53. The second kappa shape index (κ2) is 10.2. The van der Waals surface area contributed by atoms with E-state index in [1.54, 1.807) is 0 Å². The van der Waals surface area contributed by atoms with E-state index >= 15 is 0 Å². The predicted octanol–water partition coefficient (Wildman–Crippen LogP) is 5.45. The van der Waals surface area contributed by atoms with Crippen LogP contribution in [0, 0.1) is 0 Å². The molecule has 0 amide bonds. The number of alkyl halides is 6. The van der Waals surface area contributed by atoms with Gasteiger partial charge in [0.25, 0.3) is 0 Å². The molecule has 190 valence electrons. The van der Waals surface area contributed by atoms with Gasteiger partial charge in [-0.2, -0.15) is 26.3 Å². The number of benzene rings is 2. The maximum absolute atomic E-state index is 13.6. The highest BCUT2D eigenvalue weighted by atomic mass is 19.4. The summed E-state index contributed by atoms with van der Waals surface area (Å²) >= 11 is 0. The lowest BCUT2D eigenvalue weighted by atomic mass is 9.97. The number of hydrogen-bond acceptors (Lipinski definition) is 4. The molecule has 0 N–H and O–H groups in total. The molecule has 0 saturated carbocycles. The summed E-state index contributed by atoms with van der Waals surface area (Å²) in [5.41, 5.74) is -1.63. The Labute approximate surface area is 199 Å². The van der Waals surface area contributed by atoms with E-state index in [1.165, 1.54) is 18.2 Å². The van der Waals surface area contributed by atoms with Gasteiger partial charge in [-0.3, -0.25) is 9.69 Å².